The van der Waals surface area contributed by atoms with Gasteiger partial charge in [0, 0.05) is 38.3 Å². The Labute approximate surface area is 335 Å². The first-order chi connectivity index (χ1) is 26.9. The van der Waals surface area contributed by atoms with Gasteiger partial charge in [-0.15, -0.1) is 0 Å². The number of ether oxygens (including phenoxy) is 2. The van der Waals surface area contributed by atoms with Crippen molar-refractivity contribution in [2.45, 2.75) is 200 Å². The van der Waals surface area contributed by atoms with Crippen LogP contribution < -0.4 is 0 Å². The van der Waals surface area contributed by atoms with Gasteiger partial charge in [0.25, 0.3) is 0 Å². The fraction of sp³-hybridized carbons (Fsp3) is 0.745. The van der Waals surface area contributed by atoms with Crippen LogP contribution in [0.5, 0.6) is 0 Å². The molecule has 0 saturated carbocycles. The van der Waals surface area contributed by atoms with Gasteiger partial charge in [-0.05, 0) is 89.9 Å². The minimum atomic E-state index is -0.985. The van der Waals surface area contributed by atoms with Crippen molar-refractivity contribution in [3.05, 3.63) is 48.6 Å². The zero-order chi connectivity index (χ0) is 40.0. The highest BCUT2D eigenvalue weighted by atomic mass is 16.6. The summed E-state index contributed by atoms with van der Waals surface area (Å²) < 4.78 is 11.6. The minimum absolute atomic E-state index is 0.0161. The molecule has 1 amide bonds. The van der Waals surface area contributed by atoms with Crippen LogP contribution >= 0.6 is 0 Å². The smallest absolute Gasteiger partial charge is 0.306 e. The van der Waals surface area contributed by atoms with Crippen molar-refractivity contribution in [1.29, 1.82) is 0 Å². The molecule has 0 spiro atoms. The maximum absolute atomic E-state index is 12.9. The Morgan fingerprint density at radius 3 is 1.47 bits per heavy atom. The number of carbonyl (C=O) groups is 4. The van der Waals surface area contributed by atoms with Crippen molar-refractivity contribution in [2.75, 3.05) is 19.7 Å². The minimum Gasteiger partial charge on any atom is -0.481 e. The summed E-state index contributed by atoms with van der Waals surface area (Å²) in [6.07, 6.45) is 43.9. The number of esters is 2. The molecule has 1 heterocycles. The van der Waals surface area contributed by atoms with Gasteiger partial charge in [-0.25, -0.2) is 0 Å². The van der Waals surface area contributed by atoms with Gasteiger partial charge in [0.1, 0.15) is 12.7 Å². The van der Waals surface area contributed by atoms with Crippen LogP contribution in [0.15, 0.2) is 48.6 Å². The predicted octanol–water partition coefficient (Wildman–Crippen LogP) is 12.2. The molecule has 314 valence electrons. The van der Waals surface area contributed by atoms with Crippen LogP contribution in [0.4, 0.5) is 0 Å². The number of hydrogen-bond acceptors (Lipinski definition) is 6. The molecule has 0 radical (unpaired) electrons. The van der Waals surface area contributed by atoms with E-state index < -0.39 is 12.1 Å². The number of likely N-dealkylation sites (tertiary alicyclic amines) is 1. The van der Waals surface area contributed by atoms with Crippen molar-refractivity contribution >= 4 is 23.8 Å². The van der Waals surface area contributed by atoms with E-state index in [1.54, 1.807) is 4.90 Å². The van der Waals surface area contributed by atoms with Gasteiger partial charge in [-0.3, -0.25) is 19.2 Å². The molecule has 0 aliphatic carbocycles. The maximum atomic E-state index is 12.9. The molecule has 8 heteroatoms. The summed E-state index contributed by atoms with van der Waals surface area (Å²) in [7, 11) is 0. The van der Waals surface area contributed by atoms with Crippen molar-refractivity contribution < 1.29 is 33.8 Å². The second kappa shape index (κ2) is 36.5. The Balaban J connectivity index is 2.36. The highest BCUT2D eigenvalue weighted by Gasteiger charge is 2.32. The fourth-order valence-electron chi connectivity index (χ4n) is 6.80. The monoisotopic (exact) mass is 770 g/mol. The number of carboxylic acid groups (broad SMARTS) is 1. The third kappa shape index (κ3) is 30.7. The van der Waals surface area contributed by atoms with E-state index in [9.17, 15) is 19.2 Å². The first-order valence-corrected chi connectivity index (χ1v) is 22.3. The highest BCUT2D eigenvalue weighted by molar-refractivity contribution is 5.80. The Bertz CT molecular complexity index is 1100. The zero-order valence-corrected chi connectivity index (χ0v) is 35.0. The molecule has 1 aliphatic rings. The maximum Gasteiger partial charge on any atom is 0.306 e. The van der Waals surface area contributed by atoms with E-state index in [0.717, 1.165) is 89.9 Å². The predicted molar refractivity (Wildman–Crippen MR) is 226 cm³/mol. The van der Waals surface area contributed by atoms with E-state index in [1.165, 1.54) is 51.4 Å². The molecule has 55 heavy (non-hydrogen) atoms. The molecule has 8 nitrogen and oxygen atoms in total. The lowest BCUT2D eigenvalue weighted by atomic mass is 9.91. The normalized spacial score (nSPS) is 14.5. The lowest BCUT2D eigenvalue weighted by Gasteiger charge is -2.35. The number of aliphatic carboxylic acids is 1. The van der Waals surface area contributed by atoms with Crippen LogP contribution in [0.25, 0.3) is 0 Å². The van der Waals surface area contributed by atoms with Gasteiger partial charge in [0.15, 0.2) is 0 Å². The number of piperidine rings is 1. The van der Waals surface area contributed by atoms with Gasteiger partial charge >= 0.3 is 17.9 Å². The SMILES string of the molecule is CCCCC/C=C\C/C=C\CCCCCCCC(=O)OCC(OC(=O)CCCCCCC/C=C\C/C=C\CCCCC)C1CCN(C(=O)CCC(=O)O)CC1. The van der Waals surface area contributed by atoms with E-state index in [0.29, 0.717) is 38.8 Å². The lowest BCUT2D eigenvalue weighted by molar-refractivity contribution is -0.164. The van der Waals surface area contributed by atoms with E-state index >= 15 is 0 Å². The van der Waals surface area contributed by atoms with Gasteiger partial charge in [0.2, 0.25) is 5.91 Å². The molecular weight excluding hydrogens is 691 g/mol. The van der Waals surface area contributed by atoms with Crippen LogP contribution in [0.3, 0.4) is 0 Å². The molecule has 1 atom stereocenters. The van der Waals surface area contributed by atoms with Crippen molar-refractivity contribution in [1.82, 2.24) is 4.90 Å². The number of carboxylic acids is 1. The standard InChI is InChI=1S/C47H79NO7/c1-3-5-7-9-11-13-15-17-19-21-23-25-27-29-31-33-46(52)54-41-43(42-37-39-48(40-38-42)44(49)35-36-45(50)51)55-47(53)34-32-30-28-26-24-22-20-18-16-14-12-10-8-6-4-2/h11-14,17-20,42-43H,3-10,15-16,21-41H2,1-2H3,(H,50,51)/b13-11-,14-12-,19-17-,20-18-. The lowest BCUT2D eigenvalue weighted by Crippen LogP contribution is -2.43. The molecule has 0 bridgehead atoms. The Morgan fingerprint density at radius 1 is 0.564 bits per heavy atom. The second-order valence-corrected chi connectivity index (χ2v) is 15.3. The summed E-state index contributed by atoms with van der Waals surface area (Å²) in [4.78, 5) is 50.7. The summed E-state index contributed by atoms with van der Waals surface area (Å²) in [6, 6.07) is 0. The van der Waals surface area contributed by atoms with Crippen molar-refractivity contribution in [3.63, 3.8) is 0 Å². The number of unbranched alkanes of at least 4 members (excludes halogenated alkanes) is 16. The van der Waals surface area contributed by atoms with Crippen LogP contribution in [0, 0.1) is 5.92 Å². The van der Waals surface area contributed by atoms with Crippen molar-refractivity contribution in [3.8, 4) is 0 Å². The van der Waals surface area contributed by atoms with Gasteiger partial charge in [-0.2, -0.15) is 0 Å². The zero-order valence-electron chi connectivity index (χ0n) is 35.0. The number of nitrogens with zero attached hydrogens (tertiary/aromatic N) is 1. The number of allylic oxidation sites excluding steroid dienone is 8. The number of amides is 1. The van der Waals surface area contributed by atoms with E-state index in [1.807, 2.05) is 0 Å². The summed E-state index contributed by atoms with van der Waals surface area (Å²) in [6.45, 7) is 5.44. The third-order valence-electron chi connectivity index (χ3n) is 10.3. The topological polar surface area (TPSA) is 110 Å². The van der Waals surface area contributed by atoms with E-state index in [2.05, 4.69) is 62.5 Å². The first-order valence-electron chi connectivity index (χ1n) is 22.3. The first kappa shape index (κ1) is 49.9. The molecule has 0 aromatic rings. The van der Waals surface area contributed by atoms with Crippen LogP contribution in [-0.2, 0) is 28.7 Å². The molecule has 1 saturated heterocycles. The number of carbonyl (C=O) groups excluding carboxylic acids is 3. The largest absolute Gasteiger partial charge is 0.481 e. The summed E-state index contributed by atoms with van der Waals surface area (Å²) in [5.74, 6) is -1.71. The summed E-state index contributed by atoms with van der Waals surface area (Å²) in [5, 5.41) is 8.94. The molecule has 1 aliphatic heterocycles. The number of hydrogen-bond donors (Lipinski definition) is 1. The average Bonchev–Trinajstić information content (AvgIpc) is 3.18. The second-order valence-electron chi connectivity index (χ2n) is 15.3. The Morgan fingerprint density at radius 2 is 1.00 bits per heavy atom. The number of rotatable bonds is 35. The molecule has 1 unspecified atom stereocenters. The van der Waals surface area contributed by atoms with Gasteiger partial charge in [0.05, 0.1) is 6.42 Å². The molecule has 1 fully saturated rings. The van der Waals surface area contributed by atoms with Gasteiger partial charge in [-0.1, -0.05) is 127 Å². The average molecular weight is 770 g/mol. The molecule has 1 N–H and O–H groups in total. The third-order valence-corrected chi connectivity index (χ3v) is 10.3. The van der Waals surface area contributed by atoms with E-state index in [-0.39, 0.29) is 43.2 Å². The van der Waals surface area contributed by atoms with Crippen LogP contribution in [0.1, 0.15) is 194 Å². The summed E-state index contributed by atoms with van der Waals surface area (Å²) in [5.41, 5.74) is 0. The Kier molecular flexibility index (Phi) is 33.1. The molecule has 0 aromatic carbocycles. The summed E-state index contributed by atoms with van der Waals surface area (Å²) >= 11 is 0. The van der Waals surface area contributed by atoms with E-state index in [4.69, 9.17) is 14.6 Å². The molecule has 1 rings (SSSR count). The van der Waals surface area contributed by atoms with Crippen LogP contribution in [-0.4, -0.2) is 59.6 Å². The highest BCUT2D eigenvalue weighted by Crippen LogP contribution is 2.25. The Hall–Kier alpha value is -3.16. The fourth-order valence-corrected chi connectivity index (χ4v) is 6.80. The molecular formula is C47H79NO7. The molecule has 0 aromatic heterocycles. The quantitative estimate of drug-likeness (QED) is 0.0388. The van der Waals surface area contributed by atoms with Gasteiger partial charge < -0.3 is 19.5 Å². The van der Waals surface area contributed by atoms with Crippen LogP contribution in [0.2, 0.25) is 0 Å². The van der Waals surface area contributed by atoms with Crippen molar-refractivity contribution in [2.24, 2.45) is 5.92 Å².